The number of nitrogens with zero attached hydrogens (tertiary/aromatic N) is 1. The molecule has 0 aliphatic heterocycles. The Bertz CT molecular complexity index is 993. The van der Waals surface area contributed by atoms with Crippen molar-refractivity contribution in [3.63, 3.8) is 0 Å². The highest BCUT2D eigenvalue weighted by Crippen LogP contribution is 2.37. The van der Waals surface area contributed by atoms with Crippen molar-refractivity contribution in [2.45, 2.75) is 13.5 Å². The van der Waals surface area contributed by atoms with E-state index in [0.717, 1.165) is 0 Å². The van der Waals surface area contributed by atoms with E-state index in [-0.39, 0.29) is 23.6 Å². The first kappa shape index (κ1) is 18.9. The van der Waals surface area contributed by atoms with Gasteiger partial charge in [-0.2, -0.15) is 0 Å². The lowest BCUT2D eigenvalue weighted by Crippen LogP contribution is -2.11. The summed E-state index contributed by atoms with van der Waals surface area (Å²) < 4.78 is 10.5. The van der Waals surface area contributed by atoms with E-state index < -0.39 is 11.9 Å². The van der Waals surface area contributed by atoms with Gasteiger partial charge in [0.25, 0.3) is 0 Å². The maximum atomic E-state index is 12.6. The molecule has 0 aliphatic carbocycles. The number of halogens is 2. The number of rotatable bonds is 5. The van der Waals surface area contributed by atoms with Crippen molar-refractivity contribution >= 4 is 35.1 Å². The second-order valence-corrected chi connectivity index (χ2v) is 6.51. The van der Waals surface area contributed by atoms with Crippen LogP contribution in [0, 0.1) is 6.92 Å². The van der Waals surface area contributed by atoms with Gasteiger partial charge in [-0.3, -0.25) is 4.79 Å². The highest BCUT2D eigenvalue weighted by Gasteiger charge is 2.26. The number of esters is 1. The number of primary amides is 1. The molecule has 1 heterocycles. The highest BCUT2D eigenvalue weighted by molar-refractivity contribution is 6.39. The Labute approximate surface area is 164 Å². The smallest absolute Gasteiger partial charge is 0.344 e. The summed E-state index contributed by atoms with van der Waals surface area (Å²) in [5.41, 5.74) is 7.03. The molecule has 0 fully saturated rings. The molecule has 8 heteroatoms. The zero-order chi connectivity index (χ0) is 19.6. The van der Waals surface area contributed by atoms with E-state index in [1.807, 2.05) is 0 Å². The molecule has 1 amide bonds. The Hall–Kier alpha value is -2.83. The molecule has 0 unspecified atom stereocenters. The van der Waals surface area contributed by atoms with Crippen LogP contribution >= 0.6 is 23.2 Å². The van der Waals surface area contributed by atoms with Gasteiger partial charge in [-0.15, -0.1) is 0 Å². The van der Waals surface area contributed by atoms with E-state index in [4.69, 9.17) is 38.2 Å². The summed E-state index contributed by atoms with van der Waals surface area (Å²) in [6, 6.07) is 11.4. The van der Waals surface area contributed by atoms with Crippen LogP contribution in [0.3, 0.4) is 0 Å². The number of amides is 1. The van der Waals surface area contributed by atoms with E-state index in [0.29, 0.717) is 26.7 Å². The molecule has 6 nitrogen and oxygen atoms in total. The number of carbonyl (C=O) groups is 2. The molecular weight excluding hydrogens is 391 g/mol. The fraction of sp³-hybridized carbons (Fsp3) is 0.105. The number of benzene rings is 2. The van der Waals surface area contributed by atoms with Crippen molar-refractivity contribution in [1.82, 2.24) is 5.16 Å². The second-order valence-electron chi connectivity index (χ2n) is 5.70. The molecular formula is C19H14Cl2N2O4. The van der Waals surface area contributed by atoms with Crippen LogP contribution in [0.25, 0.3) is 11.3 Å². The number of ether oxygens (including phenoxy) is 1. The van der Waals surface area contributed by atoms with Gasteiger partial charge in [-0.1, -0.05) is 46.6 Å². The molecule has 0 aliphatic rings. The Morgan fingerprint density at radius 3 is 2.33 bits per heavy atom. The lowest BCUT2D eigenvalue weighted by Gasteiger charge is -2.08. The molecule has 3 rings (SSSR count). The molecule has 138 valence electrons. The van der Waals surface area contributed by atoms with Gasteiger partial charge in [0, 0.05) is 11.1 Å². The summed E-state index contributed by atoms with van der Waals surface area (Å²) >= 11 is 12.4. The van der Waals surface area contributed by atoms with Crippen molar-refractivity contribution in [2.75, 3.05) is 0 Å². The van der Waals surface area contributed by atoms with Gasteiger partial charge in [0.1, 0.15) is 23.6 Å². The standard InChI is InChI=1S/C19H14Cl2N2O4/c1-10-15(17(23-27-10)16-13(20)3-2-4-14(16)21)19(25)26-9-11-5-7-12(8-6-11)18(22)24/h2-8H,9H2,1H3,(H2,22,24). The molecule has 2 aromatic carbocycles. The van der Waals surface area contributed by atoms with Gasteiger partial charge >= 0.3 is 5.97 Å². The van der Waals surface area contributed by atoms with Crippen LogP contribution in [-0.2, 0) is 11.3 Å². The maximum absolute atomic E-state index is 12.6. The summed E-state index contributed by atoms with van der Waals surface area (Å²) in [7, 11) is 0. The number of carbonyl (C=O) groups excluding carboxylic acids is 2. The quantitative estimate of drug-likeness (QED) is 0.635. The molecule has 0 saturated carbocycles. The van der Waals surface area contributed by atoms with E-state index in [1.165, 1.54) is 0 Å². The maximum Gasteiger partial charge on any atom is 0.344 e. The molecule has 0 spiro atoms. The van der Waals surface area contributed by atoms with Gasteiger partial charge in [-0.25, -0.2) is 4.79 Å². The Morgan fingerprint density at radius 2 is 1.74 bits per heavy atom. The predicted octanol–water partition coefficient (Wildman–Crippen LogP) is 4.41. The SMILES string of the molecule is Cc1onc(-c2c(Cl)cccc2Cl)c1C(=O)OCc1ccc(C(N)=O)cc1. The normalized spacial score (nSPS) is 10.6. The molecule has 0 saturated heterocycles. The van der Waals surface area contributed by atoms with Gasteiger partial charge in [0.05, 0.1) is 10.0 Å². The Morgan fingerprint density at radius 1 is 1.11 bits per heavy atom. The molecule has 27 heavy (non-hydrogen) atoms. The third-order valence-corrected chi connectivity index (χ3v) is 4.50. The first-order chi connectivity index (χ1) is 12.9. The zero-order valence-corrected chi connectivity index (χ0v) is 15.7. The summed E-state index contributed by atoms with van der Waals surface area (Å²) in [6.45, 7) is 1.59. The molecule has 2 N–H and O–H groups in total. The van der Waals surface area contributed by atoms with Crippen LogP contribution < -0.4 is 5.73 Å². The minimum Gasteiger partial charge on any atom is -0.457 e. The van der Waals surface area contributed by atoms with Crippen LogP contribution in [0.4, 0.5) is 0 Å². The summed E-state index contributed by atoms with van der Waals surface area (Å²) in [5.74, 6) is -0.867. The zero-order valence-electron chi connectivity index (χ0n) is 14.2. The van der Waals surface area contributed by atoms with E-state index in [1.54, 1.807) is 49.4 Å². The molecule has 0 atom stereocenters. The molecule has 0 bridgehead atoms. The van der Waals surface area contributed by atoms with Crippen molar-refractivity contribution in [2.24, 2.45) is 5.73 Å². The van der Waals surface area contributed by atoms with E-state index >= 15 is 0 Å². The van der Waals surface area contributed by atoms with E-state index in [2.05, 4.69) is 5.16 Å². The summed E-state index contributed by atoms with van der Waals surface area (Å²) in [4.78, 5) is 23.7. The topological polar surface area (TPSA) is 95.4 Å². The van der Waals surface area contributed by atoms with Crippen LogP contribution in [-0.4, -0.2) is 17.0 Å². The van der Waals surface area contributed by atoms with Gasteiger partial charge in [0.15, 0.2) is 0 Å². The number of aromatic nitrogens is 1. The van der Waals surface area contributed by atoms with Crippen LogP contribution in [0.5, 0.6) is 0 Å². The number of nitrogens with two attached hydrogens (primary N) is 1. The Kier molecular flexibility index (Phi) is 5.48. The third kappa shape index (κ3) is 3.97. The molecule has 1 aromatic heterocycles. The van der Waals surface area contributed by atoms with Crippen molar-refractivity contribution in [1.29, 1.82) is 0 Å². The first-order valence-electron chi connectivity index (χ1n) is 7.85. The second kappa shape index (κ2) is 7.82. The van der Waals surface area contributed by atoms with Crippen molar-refractivity contribution in [3.05, 3.63) is 75.0 Å². The van der Waals surface area contributed by atoms with E-state index in [9.17, 15) is 9.59 Å². The van der Waals surface area contributed by atoms with Crippen LogP contribution in [0.1, 0.15) is 32.0 Å². The predicted molar refractivity (Wildman–Crippen MR) is 101 cm³/mol. The summed E-state index contributed by atoms with van der Waals surface area (Å²) in [5, 5.41) is 4.60. The minimum absolute atomic E-state index is 0.00180. The number of hydrogen-bond acceptors (Lipinski definition) is 5. The average Bonchev–Trinajstić information content (AvgIpc) is 3.01. The minimum atomic E-state index is -0.626. The third-order valence-electron chi connectivity index (χ3n) is 3.87. The monoisotopic (exact) mass is 404 g/mol. The summed E-state index contributed by atoms with van der Waals surface area (Å²) in [6.07, 6.45) is 0. The van der Waals surface area contributed by atoms with Crippen molar-refractivity contribution in [3.8, 4) is 11.3 Å². The van der Waals surface area contributed by atoms with Crippen molar-refractivity contribution < 1.29 is 18.8 Å². The molecule has 0 radical (unpaired) electrons. The Balaban J connectivity index is 1.83. The lowest BCUT2D eigenvalue weighted by molar-refractivity contribution is 0.0471. The number of aryl methyl sites for hydroxylation is 1. The van der Waals surface area contributed by atoms with Crippen LogP contribution in [0.2, 0.25) is 10.0 Å². The average molecular weight is 405 g/mol. The fourth-order valence-electron chi connectivity index (χ4n) is 2.49. The van der Waals surface area contributed by atoms with Gasteiger partial charge in [0.2, 0.25) is 5.91 Å². The van der Waals surface area contributed by atoms with Gasteiger partial charge in [-0.05, 0) is 36.8 Å². The largest absolute Gasteiger partial charge is 0.457 e. The lowest BCUT2D eigenvalue weighted by atomic mass is 10.1. The highest BCUT2D eigenvalue weighted by atomic mass is 35.5. The number of hydrogen-bond donors (Lipinski definition) is 1. The van der Waals surface area contributed by atoms with Gasteiger partial charge < -0.3 is 15.0 Å². The molecule has 3 aromatic rings. The first-order valence-corrected chi connectivity index (χ1v) is 8.60. The van der Waals surface area contributed by atoms with Crippen LogP contribution in [0.15, 0.2) is 47.0 Å². The fourth-order valence-corrected chi connectivity index (χ4v) is 3.07.